The van der Waals surface area contributed by atoms with Gasteiger partial charge in [-0.05, 0) is 41.1 Å². The average molecular weight is 389 g/mol. The van der Waals surface area contributed by atoms with Crippen LogP contribution in [0.15, 0.2) is 48.5 Å². The number of nitrogens with zero attached hydrogens (tertiary/aromatic N) is 4. The smallest absolute Gasteiger partial charge is 0.357 e. The van der Waals surface area contributed by atoms with Gasteiger partial charge in [-0.3, -0.25) is 0 Å². The number of ether oxygens (including phenoxy) is 1. The number of rotatable bonds is 5. The first kappa shape index (κ1) is 18.1. The summed E-state index contributed by atoms with van der Waals surface area (Å²) < 4.78 is 6.73. The molecule has 1 aromatic heterocycles. The van der Waals surface area contributed by atoms with E-state index >= 15 is 0 Å². The van der Waals surface area contributed by atoms with Crippen molar-refractivity contribution in [1.82, 2.24) is 20.2 Å². The molecule has 6 nitrogen and oxygen atoms in total. The highest BCUT2D eigenvalue weighted by atomic mass is 35.5. The minimum Gasteiger partial charge on any atom is -0.456 e. The monoisotopic (exact) mass is 388 g/mol. The van der Waals surface area contributed by atoms with E-state index < -0.39 is 5.97 Å². The largest absolute Gasteiger partial charge is 0.456 e. The molecular weight excluding hydrogens is 375 g/mol. The van der Waals surface area contributed by atoms with Crippen molar-refractivity contribution in [3.63, 3.8) is 0 Å². The van der Waals surface area contributed by atoms with Crippen LogP contribution in [0.2, 0.25) is 10.0 Å². The predicted molar refractivity (Wildman–Crippen MR) is 99.4 cm³/mol. The molecule has 8 heteroatoms. The van der Waals surface area contributed by atoms with Gasteiger partial charge < -0.3 is 4.74 Å². The van der Waals surface area contributed by atoms with Gasteiger partial charge >= 0.3 is 5.97 Å². The predicted octanol–water partition coefficient (Wildman–Crippen LogP) is 4.03. The molecule has 1 heterocycles. The third kappa shape index (κ3) is 4.09. The Kier molecular flexibility index (Phi) is 5.65. The lowest BCUT2D eigenvalue weighted by atomic mass is 10.2. The number of aryl methyl sites for hydroxylation is 1. The van der Waals surface area contributed by atoms with Crippen LogP contribution in [-0.2, 0) is 16.1 Å². The van der Waals surface area contributed by atoms with Crippen LogP contribution in [-0.4, -0.2) is 26.2 Å². The Balaban J connectivity index is 1.89. The Bertz CT molecular complexity index is 935. The SMILES string of the molecule is Cc1nnnn1/C(=C\c1ccccc1)C(=O)OCc1c(Cl)cccc1Cl. The first-order valence-electron chi connectivity index (χ1n) is 7.68. The number of benzene rings is 2. The maximum Gasteiger partial charge on any atom is 0.357 e. The second-order valence-corrected chi connectivity index (χ2v) is 6.17. The maximum atomic E-state index is 12.7. The zero-order valence-electron chi connectivity index (χ0n) is 13.8. The molecule has 0 unspecified atom stereocenters. The van der Waals surface area contributed by atoms with Crippen LogP contribution in [0, 0.1) is 6.92 Å². The molecule has 0 amide bonds. The molecule has 0 spiro atoms. The molecule has 0 aliphatic heterocycles. The Morgan fingerprint density at radius 2 is 1.81 bits per heavy atom. The summed E-state index contributed by atoms with van der Waals surface area (Å²) in [5.41, 5.74) is 1.53. The van der Waals surface area contributed by atoms with Crippen molar-refractivity contribution in [3.05, 3.63) is 75.5 Å². The fourth-order valence-electron chi connectivity index (χ4n) is 2.25. The lowest BCUT2D eigenvalue weighted by Gasteiger charge is -2.11. The highest BCUT2D eigenvalue weighted by Crippen LogP contribution is 2.25. The lowest BCUT2D eigenvalue weighted by Crippen LogP contribution is -2.15. The third-order valence-electron chi connectivity index (χ3n) is 3.57. The Morgan fingerprint density at radius 3 is 2.42 bits per heavy atom. The lowest BCUT2D eigenvalue weighted by molar-refractivity contribution is -0.138. The second-order valence-electron chi connectivity index (χ2n) is 5.35. The van der Waals surface area contributed by atoms with Crippen LogP contribution in [0.25, 0.3) is 11.8 Å². The zero-order valence-corrected chi connectivity index (χ0v) is 15.3. The number of tetrazole rings is 1. The van der Waals surface area contributed by atoms with E-state index in [1.54, 1.807) is 31.2 Å². The fraction of sp³-hybridized carbons (Fsp3) is 0.111. The second kappa shape index (κ2) is 8.12. The van der Waals surface area contributed by atoms with Crippen molar-refractivity contribution in [3.8, 4) is 0 Å². The molecule has 3 rings (SSSR count). The van der Waals surface area contributed by atoms with Crippen LogP contribution >= 0.6 is 23.2 Å². The minimum absolute atomic E-state index is 0.0648. The van der Waals surface area contributed by atoms with Crippen LogP contribution in [0.4, 0.5) is 0 Å². The van der Waals surface area contributed by atoms with Crippen molar-refractivity contribution in [2.24, 2.45) is 0 Å². The Labute approximate surface area is 160 Å². The number of aromatic nitrogens is 4. The van der Waals surface area contributed by atoms with E-state index in [2.05, 4.69) is 15.5 Å². The molecule has 0 N–H and O–H groups in total. The quantitative estimate of drug-likeness (QED) is 0.487. The average Bonchev–Trinajstić information content (AvgIpc) is 3.05. The highest BCUT2D eigenvalue weighted by molar-refractivity contribution is 6.36. The molecule has 132 valence electrons. The molecule has 3 aromatic rings. The van der Waals surface area contributed by atoms with E-state index in [1.807, 2.05) is 30.3 Å². The van der Waals surface area contributed by atoms with Gasteiger partial charge in [-0.15, -0.1) is 5.10 Å². The summed E-state index contributed by atoms with van der Waals surface area (Å²) in [6.45, 7) is 1.63. The number of hydrogen-bond acceptors (Lipinski definition) is 5. The van der Waals surface area contributed by atoms with Crippen LogP contribution < -0.4 is 0 Å². The van der Waals surface area contributed by atoms with E-state index in [9.17, 15) is 4.79 Å². The van der Waals surface area contributed by atoms with Gasteiger partial charge in [0.1, 0.15) is 6.61 Å². The van der Waals surface area contributed by atoms with Gasteiger partial charge in [-0.2, -0.15) is 4.68 Å². The Morgan fingerprint density at radius 1 is 1.12 bits per heavy atom. The van der Waals surface area contributed by atoms with Crippen molar-refractivity contribution in [2.45, 2.75) is 13.5 Å². The molecule has 0 bridgehead atoms. The van der Waals surface area contributed by atoms with Crippen LogP contribution in [0.5, 0.6) is 0 Å². The first-order valence-corrected chi connectivity index (χ1v) is 8.44. The molecular formula is C18H14Cl2N4O2. The third-order valence-corrected chi connectivity index (χ3v) is 4.28. The van der Waals surface area contributed by atoms with E-state index in [0.29, 0.717) is 21.4 Å². The van der Waals surface area contributed by atoms with Gasteiger partial charge in [0.15, 0.2) is 11.5 Å². The number of hydrogen-bond donors (Lipinski definition) is 0. The van der Waals surface area contributed by atoms with E-state index in [1.165, 1.54) is 4.68 Å². The van der Waals surface area contributed by atoms with Crippen LogP contribution in [0.3, 0.4) is 0 Å². The summed E-state index contributed by atoms with van der Waals surface area (Å²) in [5, 5.41) is 12.1. The topological polar surface area (TPSA) is 69.9 Å². The molecule has 26 heavy (non-hydrogen) atoms. The maximum absolute atomic E-state index is 12.7. The number of carbonyl (C=O) groups is 1. The van der Waals surface area contributed by atoms with Gasteiger partial charge in [0.05, 0.1) is 0 Å². The van der Waals surface area contributed by atoms with E-state index in [0.717, 1.165) is 5.56 Å². The molecule has 0 fully saturated rings. The molecule has 2 aromatic carbocycles. The van der Waals surface area contributed by atoms with Crippen molar-refractivity contribution >= 4 is 40.9 Å². The van der Waals surface area contributed by atoms with Crippen molar-refractivity contribution < 1.29 is 9.53 Å². The van der Waals surface area contributed by atoms with E-state index in [-0.39, 0.29) is 12.3 Å². The first-order chi connectivity index (χ1) is 12.6. The fourth-order valence-corrected chi connectivity index (χ4v) is 2.76. The number of carbonyl (C=O) groups excluding carboxylic acids is 1. The summed E-state index contributed by atoms with van der Waals surface area (Å²) >= 11 is 12.2. The molecule has 0 saturated heterocycles. The minimum atomic E-state index is -0.597. The zero-order chi connectivity index (χ0) is 18.5. The summed E-state index contributed by atoms with van der Waals surface area (Å²) in [7, 11) is 0. The summed E-state index contributed by atoms with van der Waals surface area (Å²) in [5.74, 6) is -0.139. The van der Waals surface area contributed by atoms with E-state index in [4.69, 9.17) is 27.9 Å². The molecule has 0 radical (unpaired) electrons. The van der Waals surface area contributed by atoms with Gasteiger partial charge in [0, 0.05) is 15.6 Å². The Hall–Kier alpha value is -2.70. The number of esters is 1. The van der Waals surface area contributed by atoms with Crippen molar-refractivity contribution in [2.75, 3.05) is 0 Å². The normalized spacial score (nSPS) is 11.4. The molecule has 0 aliphatic carbocycles. The molecule has 0 atom stereocenters. The summed E-state index contributed by atoms with van der Waals surface area (Å²) in [4.78, 5) is 12.7. The summed E-state index contributed by atoms with van der Waals surface area (Å²) in [6.07, 6.45) is 1.65. The summed E-state index contributed by atoms with van der Waals surface area (Å²) in [6, 6.07) is 14.4. The van der Waals surface area contributed by atoms with Gasteiger partial charge in [-0.25, -0.2) is 4.79 Å². The molecule has 0 aliphatic rings. The van der Waals surface area contributed by atoms with Gasteiger partial charge in [-0.1, -0.05) is 59.6 Å². The van der Waals surface area contributed by atoms with Crippen molar-refractivity contribution in [1.29, 1.82) is 0 Å². The van der Waals surface area contributed by atoms with Crippen LogP contribution in [0.1, 0.15) is 17.0 Å². The highest BCUT2D eigenvalue weighted by Gasteiger charge is 2.19. The van der Waals surface area contributed by atoms with Gasteiger partial charge in [0.25, 0.3) is 0 Å². The molecule has 0 saturated carbocycles. The van der Waals surface area contributed by atoms with Gasteiger partial charge in [0.2, 0.25) is 0 Å². The standard InChI is InChI=1S/C18H14Cl2N4O2/c1-12-21-22-23-24(12)17(10-13-6-3-2-4-7-13)18(25)26-11-14-15(19)8-5-9-16(14)20/h2-10H,11H2,1H3/b17-10-. The number of halogens is 2.